The van der Waals surface area contributed by atoms with Crippen molar-refractivity contribution in [1.82, 2.24) is 23.7 Å². The molecule has 4 heterocycles. The van der Waals surface area contributed by atoms with Crippen LogP contribution < -0.4 is 4.72 Å². The molecular weight excluding hydrogens is 686 g/mol. The Morgan fingerprint density at radius 1 is 0.979 bits per heavy atom. The van der Waals surface area contributed by atoms with Gasteiger partial charge in [0, 0.05) is 37.5 Å². The molecule has 18 heteroatoms. The Morgan fingerprint density at radius 2 is 1.69 bits per heavy atom. The molecule has 10 nitrogen and oxygen atoms in total. The Kier molecular flexibility index (Phi) is 9.10. The molecule has 0 aliphatic carbocycles. The maximum atomic E-state index is 13.7. The maximum Gasteiger partial charge on any atom is 0.416 e. The van der Waals surface area contributed by atoms with E-state index in [2.05, 4.69) is 14.8 Å². The van der Waals surface area contributed by atoms with Gasteiger partial charge in [0.05, 0.1) is 34.3 Å². The molecule has 1 N–H and O–H groups in total. The number of fused-ring (bicyclic) bond motifs is 1. The van der Waals surface area contributed by atoms with Gasteiger partial charge in [-0.2, -0.15) is 49.2 Å². The molecule has 2 aromatic carbocycles. The fraction of sp³-hybridized carbons (Fsp3) is 0.400. The van der Waals surface area contributed by atoms with Crippen molar-refractivity contribution in [2.45, 2.75) is 44.6 Å². The van der Waals surface area contributed by atoms with Crippen molar-refractivity contribution < 1.29 is 44.3 Å². The second-order valence-electron chi connectivity index (χ2n) is 11.6. The average Bonchev–Trinajstić information content (AvgIpc) is 3.78. The number of hydrogen-bond acceptors (Lipinski definition) is 7. The number of thioether (sulfide) groups is 1. The largest absolute Gasteiger partial charge is 0.416 e. The summed E-state index contributed by atoms with van der Waals surface area (Å²) in [5.41, 5.74) is -2.14. The number of benzene rings is 2. The fourth-order valence-electron chi connectivity index (χ4n) is 5.86. The van der Waals surface area contributed by atoms with E-state index < -0.39 is 58.0 Å². The van der Waals surface area contributed by atoms with E-state index in [0.29, 0.717) is 71.6 Å². The van der Waals surface area contributed by atoms with Crippen molar-refractivity contribution in [3.63, 3.8) is 0 Å². The van der Waals surface area contributed by atoms with Crippen molar-refractivity contribution in [1.29, 1.82) is 0 Å². The third-order valence-corrected chi connectivity index (χ3v) is 11.0. The maximum absolute atomic E-state index is 13.7. The summed E-state index contributed by atoms with van der Waals surface area (Å²) in [4.78, 5) is 31.8. The molecule has 2 amide bonds. The van der Waals surface area contributed by atoms with Gasteiger partial charge in [-0.1, -0.05) is 12.1 Å². The van der Waals surface area contributed by atoms with Gasteiger partial charge >= 0.3 is 22.6 Å². The Hall–Kier alpha value is -3.90. The SMILES string of the molecule is O=C1N=C(N2CCC(C(=O)NS(=O)(=O)N3CCCC3)CC2)S/C1=C\c1ccc2c(cnn2Cc2ccc(C(F)(F)F)cc2C(F)(F)F)c1. The van der Waals surface area contributed by atoms with Crippen molar-refractivity contribution >= 4 is 55.9 Å². The number of rotatable bonds is 6. The zero-order valence-corrected chi connectivity index (χ0v) is 26.6. The number of nitrogens with zero attached hydrogens (tertiary/aromatic N) is 5. The highest BCUT2D eigenvalue weighted by molar-refractivity contribution is 8.18. The summed E-state index contributed by atoms with van der Waals surface area (Å²) in [6, 6.07) is 6.41. The first kappa shape index (κ1) is 34.0. The quantitative estimate of drug-likeness (QED) is 0.274. The lowest BCUT2D eigenvalue weighted by molar-refractivity contribution is -0.143. The highest BCUT2D eigenvalue weighted by Crippen LogP contribution is 2.38. The van der Waals surface area contributed by atoms with Crippen LogP contribution in [-0.4, -0.2) is 70.6 Å². The lowest BCUT2D eigenvalue weighted by Gasteiger charge is -2.32. The van der Waals surface area contributed by atoms with E-state index in [1.54, 1.807) is 24.3 Å². The van der Waals surface area contributed by atoms with Crippen LogP contribution in [0.4, 0.5) is 26.3 Å². The first-order chi connectivity index (χ1) is 22.6. The molecule has 1 aromatic heterocycles. The monoisotopic (exact) mass is 714 g/mol. The number of halogens is 6. The summed E-state index contributed by atoms with van der Waals surface area (Å²) in [5.74, 6) is -1.51. The Labute approximate surface area is 275 Å². The number of nitrogens with one attached hydrogen (secondary N) is 1. The minimum absolute atomic E-state index is 0.0972. The number of amidine groups is 1. The summed E-state index contributed by atoms with van der Waals surface area (Å²) in [5, 5.41) is 5.14. The van der Waals surface area contributed by atoms with Gasteiger partial charge in [-0.15, -0.1) is 0 Å². The molecule has 0 saturated carbocycles. The number of aliphatic imine (C=N–C) groups is 1. The molecule has 0 bridgehead atoms. The number of piperidine rings is 1. The number of likely N-dealkylation sites (tertiary alicyclic amines) is 1. The van der Waals surface area contributed by atoms with Crippen LogP contribution in [0.5, 0.6) is 0 Å². The molecular formula is C30H28F6N6O4S2. The summed E-state index contributed by atoms with van der Waals surface area (Å²) in [6.45, 7) is 1.15. The van der Waals surface area contributed by atoms with E-state index in [-0.39, 0.29) is 11.6 Å². The number of carbonyl (C=O) groups is 2. The van der Waals surface area contributed by atoms with Gasteiger partial charge in [-0.3, -0.25) is 14.3 Å². The summed E-state index contributed by atoms with van der Waals surface area (Å²) in [7, 11) is -3.86. The lowest BCUT2D eigenvalue weighted by Crippen LogP contribution is -2.47. The van der Waals surface area contributed by atoms with E-state index in [4.69, 9.17) is 0 Å². The van der Waals surface area contributed by atoms with Crippen LogP contribution in [0.2, 0.25) is 0 Å². The lowest BCUT2D eigenvalue weighted by atomic mass is 9.97. The normalized spacial score (nSPS) is 19.5. The fourth-order valence-corrected chi connectivity index (χ4v) is 8.11. The van der Waals surface area contributed by atoms with Crippen LogP contribution >= 0.6 is 11.8 Å². The molecule has 0 atom stereocenters. The van der Waals surface area contributed by atoms with E-state index in [1.807, 2.05) is 4.90 Å². The van der Waals surface area contributed by atoms with Gasteiger partial charge in [0.1, 0.15) is 0 Å². The van der Waals surface area contributed by atoms with Crippen LogP contribution in [-0.2, 0) is 38.7 Å². The van der Waals surface area contributed by atoms with Gasteiger partial charge in [0.25, 0.3) is 5.91 Å². The van der Waals surface area contributed by atoms with Gasteiger partial charge in [0.2, 0.25) is 5.91 Å². The Morgan fingerprint density at radius 3 is 2.35 bits per heavy atom. The van der Waals surface area contributed by atoms with Crippen molar-refractivity contribution in [2.75, 3.05) is 26.2 Å². The van der Waals surface area contributed by atoms with Crippen LogP contribution in [0.3, 0.4) is 0 Å². The van der Waals surface area contributed by atoms with Gasteiger partial charge in [-0.25, -0.2) is 4.72 Å². The van der Waals surface area contributed by atoms with Crippen molar-refractivity contribution in [2.24, 2.45) is 10.9 Å². The molecule has 256 valence electrons. The first-order valence-electron chi connectivity index (χ1n) is 14.9. The zero-order chi connectivity index (χ0) is 34.4. The number of alkyl halides is 6. The molecule has 3 aliphatic heterocycles. The van der Waals surface area contributed by atoms with Gasteiger partial charge in [0.15, 0.2) is 5.17 Å². The molecule has 3 aliphatic rings. The molecule has 2 saturated heterocycles. The molecule has 3 aromatic rings. The van der Waals surface area contributed by atoms with E-state index in [9.17, 15) is 44.3 Å². The average molecular weight is 715 g/mol. The highest BCUT2D eigenvalue weighted by atomic mass is 32.2. The molecule has 0 unspecified atom stereocenters. The smallest absolute Gasteiger partial charge is 0.351 e. The summed E-state index contributed by atoms with van der Waals surface area (Å²) in [6.07, 6.45) is -4.64. The third kappa shape index (κ3) is 7.24. The molecule has 2 fully saturated rings. The number of aromatic nitrogens is 2. The van der Waals surface area contributed by atoms with Crippen LogP contribution in [0.1, 0.15) is 47.9 Å². The van der Waals surface area contributed by atoms with Crippen LogP contribution in [0.25, 0.3) is 17.0 Å². The third-order valence-electron chi connectivity index (χ3n) is 8.41. The summed E-state index contributed by atoms with van der Waals surface area (Å²) < 4.78 is 110. The second-order valence-corrected chi connectivity index (χ2v) is 14.3. The van der Waals surface area contributed by atoms with Crippen LogP contribution in [0, 0.1) is 5.92 Å². The van der Waals surface area contributed by atoms with Crippen molar-refractivity contribution in [3.05, 3.63) is 69.8 Å². The minimum Gasteiger partial charge on any atom is -0.351 e. The van der Waals surface area contributed by atoms with E-state index in [1.165, 1.54) is 15.2 Å². The molecule has 6 rings (SSSR count). The minimum atomic E-state index is -5.01. The predicted octanol–water partition coefficient (Wildman–Crippen LogP) is 5.26. The van der Waals surface area contributed by atoms with Crippen LogP contribution in [0.15, 0.2) is 52.5 Å². The molecule has 0 radical (unpaired) electrons. The number of amides is 2. The second kappa shape index (κ2) is 12.9. The predicted molar refractivity (Wildman–Crippen MR) is 165 cm³/mol. The molecule has 0 spiro atoms. The van der Waals surface area contributed by atoms with E-state index in [0.717, 1.165) is 30.7 Å². The number of hydrogen-bond donors (Lipinski definition) is 1. The topological polar surface area (TPSA) is 117 Å². The number of carbonyl (C=O) groups excluding carboxylic acids is 2. The standard InChI is InChI=1S/C30H28F6N6O4S2/c31-29(32,33)22-5-4-20(23(15-22)30(34,35)36)17-42-24-6-3-18(13-21(24)16-37-42)14-25-27(44)38-28(47-25)40-11-7-19(8-12-40)26(43)39-48(45,46)41-9-1-2-10-41/h3-6,13-16,19H,1-2,7-12,17H2,(H,39,43)/b25-14-. The summed E-state index contributed by atoms with van der Waals surface area (Å²) >= 11 is 1.15. The molecule has 48 heavy (non-hydrogen) atoms. The first-order valence-corrected chi connectivity index (χ1v) is 17.2. The zero-order valence-electron chi connectivity index (χ0n) is 25.0. The van der Waals surface area contributed by atoms with Gasteiger partial charge in [-0.05, 0) is 78.9 Å². The van der Waals surface area contributed by atoms with Gasteiger partial charge < -0.3 is 4.90 Å². The van der Waals surface area contributed by atoms with E-state index >= 15 is 0 Å². The highest BCUT2D eigenvalue weighted by Gasteiger charge is 2.38. The Balaban J connectivity index is 1.10. The Bertz CT molecular complexity index is 1930. The van der Waals surface area contributed by atoms with Crippen molar-refractivity contribution in [3.8, 4) is 0 Å².